The molecule has 1 atom stereocenters. The zero-order chi connectivity index (χ0) is 14.4. The Balaban J connectivity index is 1.96. The van der Waals surface area contributed by atoms with Gasteiger partial charge in [0, 0.05) is 12.6 Å². The molecule has 1 heterocycles. The molecule has 0 amide bonds. The molecule has 0 aliphatic rings. The van der Waals surface area contributed by atoms with Crippen LogP contribution in [0.25, 0.3) is 0 Å². The average Bonchev–Trinajstić information content (AvgIpc) is 2.89. The van der Waals surface area contributed by atoms with Gasteiger partial charge in [0.05, 0.1) is 25.3 Å². The van der Waals surface area contributed by atoms with Crippen LogP contribution in [0.4, 0.5) is 0 Å². The third kappa shape index (κ3) is 3.68. The van der Waals surface area contributed by atoms with E-state index in [-0.39, 0.29) is 11.9 Å². The first-order valence-electron chi connectivity index (χ1n) is 6.46. The molecule has 0 fully saturated rings. The van der Waals surface area contributed by atoms with E-state index in [0.717, 1.165) is 17.0 Å². The Kier molecular flexibility index (Phi) is 4.90. The van der Waals surface area contributed by atoms with Gasteiger partial charge in [0.15, 0.2) is 5.76 Å². The largest absolute Gasteiger partial charge is 0.469 e. The maximum atomic E-state index is 11.9. The minimum atomic E-state index is -0.329. The SMILES string of the molecule is COC(=O)C(CNCc1cc(C)no1)c1ccccc1. The van der Waals surface area contributed by atoms with E-state index in [1.165, 1.54) is 7.11 Å². The summed E-state index contributed by atoms with van der Waals surface area (Å²) >= 11 is 0. The summed E-state index contributed by atoms with van der Waals surface area (Å²) in [5, 5.41) is 7.01. The highest BCUT2D eigenvalue weighted by atomic mass is 16.5. The smallest absolute Gasteiger partial charge is 0.314 e. The van der Waals surface area contributed by atoms with Crippen molar-refractivity contribution in [2.24, 2.45) is 0 Å². The topological polar surface area (TPSA) is 64.4 Å². The molecule has 5 heteroatoms. The lowest BCUT2D eigenvalue weighted by Gasteiger charge is -2.15. The van der Waals surface area contributed by atoms with Crippen molar-refractivity contribution in [3.8, 4) is 0 Å². The van der Waals surface area contributed by atoms with Crippen molar-refractivity contribution in [2.45, 2.75) is 19.4 Å². The molecule has 5 nitrogen and oxygen atoms in total. The number of benzene rings is 1. The van der Waals surface area contributed by atoms with Gasteiger partial charge < -0.3 is 14.6 Å². The first kappa shape index (κ1) is 14.3. The molecular weight excluding hydrogens is 256 g/mol. The van der Waals surface area contributed by atoms with Gasteiger partial charge in [0.1, 0.15) is 0 Å². The van der Waals surface area contributed by atoms with Crippen LogP contribution < -0.4 is 5.32 Å². The molecule has 0 aliphatic heterocycles. The normalized spacial score (nSPS) is 12.1. The third-order valence-electron chi connectivity index (χ3n) is 3.01. The van der Waals surface area contributed by atoms with Crippen molar-refractivity contribution in [2.75, 3.05) is 13.7 Å². The molecule has 0 radical (unpaired) electrons. The fraction of sp³-hybridized carbons (Fsp3) is 0.333. The molecule has 0 aliphatic carbocycles. The molecule has 20 heavy (non-hydrogen) atoms. The molecule has 1 aromatic heterocycles. The van der Waals surface area contributed by atoms with E-state index in [1.807, 2.05) is 43.3 Å². The first-order chi connectivity index (χ1) is 9.70. The molecule has 1 unspecified atom stereocenters. The molecule has 0 spiro atoms. The number of carbonyl (C=O) groups excluding carboxylic acids is 1. The number of methoxy groups -OCH3 is 1. The standard InChI is InChI=1S/C15H18N2O3/c1-11-8-13(20-17-11)9-16-10-14(15(18)19-2)12-6-4-3-5-7-12/h3-8,14,16H,9-10H2,1-2H3. The number of carbonyl (C=O) groups is 1. The second kappa shape index (κ2) is 6.86. The fourth-order valence-electron chi connectivity index (χ4n) is 2.00. The third-order valence-corrected chi connectivity index (χ3v) is 3.01. The Morgan fingerprint density at radius 3 is 2.75 bits per heavy atom. The Morgan fingerprint density at radius 1 is 1.40 bits per heavy atom. The highest BCUT2D eigenvalue weighted by Crippen LogP contribution is 2.16. The van der Waals surface area contributed by atoms with E-state index in [1.54, 1.807) is 0 Å². The second-order valence-electron chi connectivity index (χ2n) is 4.55. The maximum Gasteiger partial charge on any atom is 0.314 e. The number of esters is 1. The zero-order valence-electron chi connectivity index (χ0n) is 11.6. The highest BCUT2D eigenvalue weighted by molar-refractivity contribution is 5.78. The van der Waals surface area contributed by atoms with E-state index in [4.69, 9.17) is 9.26 Å². The molecule has 2 rings (SSSR count). The second-order valence-corrected chi connectivity index (χ2v) is 4.55. The van der Waals surface area contributed by atoms with Crippen LogP contribution in [-0.4, -0.2) is 24.8 Å². The van der Waals surface area contributed by atoms with Crippen LogP contribution in [0.2, 0.25) is 0 Å². The van der Waals surface area contributed by atoms with Gasteiger partial charge in [-0.05, 0) is 12.5 Å². The Hall–Kier alpha value is -2.14. The number of ether oxygens (including phenoxy) is 1. The summed E-state index contributed by atoms with van der Waals surface area (Å²) < 4.78 is 9.97. The number of aromatic nitrogens is 1. The van der Waals surface area contributed by atoms with Crippen molar-refractivity contribution in [1.82, 2.24) is 10.5 Å². The number of aryl methyl sites for hydroxylation is 1. The Labute approximate surface area is 117 Å². The number of nitrogens with one attached hydrogen (secondary N) is 1. The van der Waals surface area contributed by atoms with Crippen molar-refractivity contribution >= 4 is 5.97 Å². The predicted octanol–water partition coefficient (Wildman–Crippen LogP) is 2.03. The van der Waals surface area contributed by atoms with Crippen molar-refractivity contribution in [3.05, 3.63) is 53.4 Å². The Bertz CT molecular complexity index is 551. The summed E-state index contributed by atoms with van der Waals surface area (Å²) in [6.07, 6.45) is 0. The van der Waals surface area contributed by atoms with Gasteiger partial charge >= 0.3 is 5.97 Å². The van der Waals surface area contributed by atoms with Crippen molar-refractivity contribution < 1.29 is 14.1 Å². The molecule has 0 saturated heterocycles. The van der Waals surface area contributed by atoms with E-state index >= 15 is 0 Å². The molecule has 2 aromatic rings. The molecule has 0 saturated carbocycles. The van der Waals surface area contributed by atoms with Gasteiger partial charge in [-0.2, -0.15) is 0 Å². The van der Waals surface area contributed by atoms with Crippen LogP contribution in [0.1, 0.15) is 22.9 Å². The van der Waals surface area contributed by atoms with Crippen molar-refractivity contribution in [3.63, 3.8) is 0 Å². The summed E-state index contributed by atoms with van der Waals surface area (Å²) in [6, 6.07) is 11.4. The van der Waals surface area contributed by atoms with Crippen LogP contribution >= 0.6 is 0 Å². The fourth-order valence-corrected chi connectivity index (χ4v) is 2.00. The zero-order valence-corrected chi connectivity index (χ0v) is 11.6. The van der Waals surface area contributed by atoms with Crippen LogP contribution in [0.15, 0.2) is 40.9 Å². The van der Waals surface area contributed by atoms with Crippen LogP contribution in [0.5, 0.6) is 0 Å². The highest BCUT2D eigenvalue weighted by Gasteiger charge is 2.20. The monoisotopic (exact) mass is 274 g/mol. The van der Waals surface area contributed by atoms with E-state index < -0.39 is 0 Å². The summed E-state index contributed by atoms with van der Waals surface area (Å²) in [6.45, 7) is 2.88. The van der Waals surface area contributed by atoms with Gasteiger partial charge in [-0.25, -0.2) is 0 Å². The number of hydrogen-bond donors (Lipinski definition) is 1. The molecular formula is C15H18N2O3. The van der Waals surface area contributed by atoms with Gasteiger partial charge in [0.25, 0.3) is 0 Å². The summed E-state index contributed by atoms with van der Waals surface area (Å²) in [5.41, 5.74) is 1.77. The van der Waals surface area contributed by atoms with E-state index in [0.29, 0.717) is 13.1 Å². The number of hydrogen-bond acceptors (Lipinski definition) is 5. The van der Waals surface area contributed by atoms with Gasteiger partial charge in [-0.3, -0.25) is 4.79 Å². The average molecular weight is 274 g/mol. The molecule has 1 aromatic carbocycles. The molecule has 0 bridgehead atoms. The number of rotatable bonds is 6. The lowest BCUT2D eigenvalue weighted by Crippen LogP contribution is -2.27. The quantitative estimate of drug-likeness (QED) is 0.816. The minimum Gasteiger partial charge on any atom is -0.469 e. The maximum absolute atomic E-state index is 11.9. The lowest BCUT2D eigenvalue weighted by atomic mass is 9.99. The molecule has 106 valence electrons. The molecule has 1 N–H and O–H groups in total. The van der Waals surface area contributed by atoms with Crippen LogP contribution in [0, 0.1) is 6.92 Å². The Morgan fingerprint density at radius 2 is 2.15 bits per heavy atom. The first-order valence-corrected chi connectivity index (χ1v) is 6.46. The van der Waals surface area contributed by atoms with Crippen LogP contribution in [-0.2, 0) is 16.1 Å². The number of nitrogens with zero attached hydrogens (tertiary/aromatic N) is 1. The van der Waals surface area contributed by atoms with Gasteiger partial charge in [-0.1, -0.05) is 35.5 Å². The summed E-state index contributed by atoms with van der Waals surface area (Å²) in [7, 11) is 1.40. The van der Waals surface area contributed by atoms with E-state index in [2.05, 4.69) is 10.5 Å². The van der Waals surface area contributed by atoms with Crippen LogP contribution in [0.3, 0.4) is 0 Å². The van der Waals surface area contributed by atoms with E-state index in [9.17, 15) is 4.79 Å². The van der Waals surface area contributed by atoms with Gasteiger partial charge in [-0.15, -0.1) is 0 Å². The lowest BCUT2D eigenvalue weighted by molar-refractivity contribution is -0.142. The summed E-state index contributed by atoms with van der Waals surface area (Å²) in [5.74, 6) is 0.168. The van der Waals surface area contributed by atoms with Crippen molar-refractivity contribution in [1.29, 1.82) is 0 Å². The summed E-state index contributed by atoms with van der Waals surface area (Å²) in [4.78, 5) is 11.9. The minimum absolute atomic E-state index is 0.252. The van der Waals surface area contributed by atoms with Gasteiger partial charge in [0.2, 0.25) is 0 Å². The predicted molar refractivity (Wildman–Crippen MR) is 74.1 cm³/mol.